The smallest absolute Gasteiger partial charge is 0.257 e. The summed E-state index contributed by atoms with van der Waals surface area (Å²) >= 11 is 0. The first kappa shape index (κ1) is 27.9. The first-order chi connectivity index (χ1) is 18.6. The third kappa shape index (κ3) is 7.05. The van der Waals surface area contributed by atoms with E-state index in [1.807, 2.05) is 52.3 Å². The summed E-state index contributed by atoms with van der Waals surface area (Å²) in [6.45, 7) is 4.67. The van der Waals surface area contributed by atoms with Crippen molar-refractivity contribution in [3.05, 3.63) is 53.6 Å². The Labute approximate surface area is 226 Å². The molecule has 0 unspecified atom stereocenters. The van der Waals surface area contributed by atoms with Crippen molar-refractivity contribution in [3.63, 3.8) is 0 Å². The van der Waals surface area contributed by atoms with Crippen LogP contribution in [0, 0.1) is 0 Å². The molecule has 38 heavy (non-hydrogen) atoms. The van der Waals surface area contributed by atoms with Gasteiger partial charge in [-0.2, -0.15) is 0 Å². The van der Waals surface area contributed by atoms with Gasteiger partial charge in [-0.25, -0.2) is 0 Å². The highest BCUT2D eigenvalue weighted by Crippen LogP contribution is 2.29. The number of rotatable bonds is 5. The van der Waals surface area contributed by atoms with Crippen molar-refractivity contribution in [2.45, 2.75) is 45.1 Å². The number of nitrogens with zero attached hydrogens (tertiary/aromatic N) is 3. The number of anilines is 2. The monoisotopic (exact) mass is 523 g/mol. The number of fused-ring (bicyclic) bond motifs is 1. The molecule has 2 aliphatic rings. The second-order valence-corrected chi connectivity index (χ2v) is 9.94. The fourth-order valence-corrected chi connectivity index (χ4v) is 5.28. The quantitative estimate of drug-likeness (QED) is 0.575. The molecule has 0 spiro atoms. The summed E-state index contributed by atoms with van der Waals surface area (Å²) in [5.74, 6) is 0.448. The molecule has 1 saturated heterocycles. The maximum atomic E-state index is 14.1. The van der Waals surface area contributed by atoms with E-state index in [9.17, 15) is 9.59 Å². The van der Waals surface area contributed by atoms with Gasteiger partial charge in [-0.15, -0.1) is 0 Å². The minimum atomic E-state index is -0.0624. The third-order valence-corrected chi connectivity index (χ3v) is 7.35. The van der Waals surface area contributed by atoms with Gasteiger partial charge in [-0.3, -0.25) is 9.59 Å². The zero-order valence-electron chi connectivity index (χ0n) is 22.8. The van der Waals surface area contributed by atoms with Gasteiger partial charge in [0.05, 0.1) is 25.9 Å². The van der Waals surface area contributed by atoms with E-state index in [0.29, 0.717) is 44.2 Å². The molecule has 4 rings (SSSR count). The van der Waals surface area contributed by atoms with Gasteiger partial charge < -0.3 is 28.9 Å². The van der Waals surface area contributed by atoms with Crippen LogP contribution in [-0.4, -0.2) is 76.9 Å². The van der Waals surface area contributed by atoms with Gasteiger partial charge in [-0.05, 0) is 42.7 Å². The summed E-state index contributed by atoms with van der Waals surface area (Å²) in [5.41, 5.74) is 3.36. The van der Waals surface area contributed by atoms with Crippen molar-refractivity contribution in [2.24, 2.45) is 0 Å². The molecule has 2 aromatic carbocycles. The molecule has 0 atom stereocenters. The Morgan fingerprint density at radius 1 is 0.868 bits per heavy atom. The van der Waals surface area contributed by atoms with Gasteiger partial charge in [0.1, 0.15) is 12.4 Å². The highest BCUT2D eigenvalue weighted by atomic mass is 16.5. The maximum Gasteiger partial charge on any atom is 0.257 e. The van der Waals surface area contributed by atoms with Crippen molar-refractivity contribution >= 4 is 23.2 Å². The number of carbonyl (C=O) groups is 2. The van der Waals surface area contributed by atoms with E-state index in [-0.39, 0.29) is 18.4 Å². The normalized spacial score (nSPS) is 17.6. The molecule has 8 nitrogen and oxygen atoms in total. The van der Waals surface area contributed by atoms with Crippen molar-refractivity contribution in [1.29, 1.82) is 0 Å². The highest BCUT2D eigenvalue weighted by molar-refractivity contribution is 5.98. The van der Waals surface area contributed by atoms with E-state index in [1.54, 1.807) is 14.2 Å². The van der Waals surface area contributed by atoms with Gasteiger partial charge in [-0.1, -0.05) is 43.9 Å². The minimum Gasteiger partial charge on any atom is -0.496 e. The number of morpholine rings is 1. The van der Waals surface area contributed by atoms with Gasteiger partial charge in [0.15, 0.2) is 0 Å². The summed E-state index contributed by atoms with van der Waals surface area (Å²) in [4.78, 5) is 33.2. The van der Waals surface area contributed by atoms with Crippen LogP contribution in [0.25, 0.3) is 0 Å². The van der Waals surface area contributed by atoms with Crippen LogP contribution >= 0.6 is 0 Å². The molecule has 0 N–H and O–H groups in total. The van der Waals surface area contributed by atoms with Gasteiger partial charge in [0.2, 0.25) is 0 Å². The van der Waals surface area contributed by atoms with Gasteiger partial charge in [0, 0.05) is 51.2 Å². The number of para-hydroxylation sites is 1. The molecule has 2 amide bonds. The molecule has 1 fully saturated rings. The van der Waals surface area contributed by atoms with Crippen LogP contribution in [0.4, 0.5) is 11.4 Å². The molecule has 0 bridgehead atoms. The third-order valence-electron chi connectivity index (χ3n) is 7.35. The molecule has 0 aromatic heterocycles. The topological polar surface area (TPSA) is 71.6 Å². The predicted octanol–water partition coefficient (Wildman–Crippen LogP) is 4.51. The molecule has 2 aromatic rings. The summed E-state index contributed by atoms with van der Waals surface area (Å²) in [5, 5.41) is 0. The molecule has 0 saturated carbocycles. The first-order valence-electron chi connectivity index (χ1n) is 13.8. The van der Waals surface area contributed by atoms with E-state index in [0.717, 1.165) is 68.6 Å². The number of benzene rings is 2. The Morgan fingerprint density at radius 2 is 1.58 bits per heavy atom. The molecule has 8 heteroatoms. The van der Waals surface area contributed by atoms with Crippen LogP contribution in [0.5, 0.6) is 5.75 Å². The summed E-state index contributed by atoms with van der Waals surface area (Å²) in [6, 6.07) is 13.8. The van der Waals surface area contributed by atoms with E-state index in [1.165, 1.54) is 0 Å². The number of ether oxygens (including phenoxy) is 3. The first-order valence-corrected chi connectivity index (χ1v) is 13.8. The Bertz CT molecular complexity index is 1070. The number of carbonyl (C=O) groups excluding carboxylic acids is 2. The predicted molar refractivity (Wildman–Crippen MR) is 149 cm³/mol. The Kier molecular flexibility index (Phi) is 10.4. The van der Waals surface area contributed by atoms with Gasteiger partial charge >= 0.3 is 0 Å². The highest BCUT2D eigenvalue weighted by Gasteiger charge is 2.25. The zero-order chi connectivity index (χ0) is 26.7. The number of amides is 2. The van der Waals surface area contributed by atoms with E-state index in [2.05, 4.69) is 4.90 Å². The van der Waals surface area contributed by atoms with E-state index >= 15 is 0 Å². The maximum absolute atomic E-state index is 14.1. The lowest BCUT2D eigenvalue weighted by molar-refractivity contribution is -0.122. The lowest BCUT2D eigenvalue weighted by Gasteiger charge is -2.30. The van der Waals surface area contributed by atoms with Gasteiger partial charge in [0.25, 0.3) is 11.8 Å². The SMILES string of the molecule is COCC(=O)N1CCCCCCCCN(C(=O)c2cc(N3CCOCC3)ccc2OC)Cc2ccccc21. The summed E-state index contributed by atoms with van der Waals surface area (Å²) in [6.07, 6.45) is 6.27. The van der Waals surface area contributed by atoms with Crippen LogP contribution < -0.4 is 14.5 Å². The zero-order valence-corrected chi connectivity index (χ0v) is 22.8. The van der Waals surface area contributed by atoms with Crippen LogP contribution in [-0.2, 0) is 20.8 Å². The number of hydrogen-bond donors (Lipinski definition) is 0. The molecule has 0 aliphatic carbocycles. The molecular weight excluding hydrogens is 482 g/mol. The van der Waals surface area contributed by atoms with Crippen molar-refractivity contribution < 1.29 is 23.8 Å². The van der Waals surface area contributed by atoms with E-state index in [4.69, 9.17) is 14.2 Å². The van der Waals surface area contributed by atoms with Crippen LogP contribution in [0.2, 0.25) is 0 Å². The van der Waals surface area contributed by atoms with Crippen molar-refractivity contribution in [3.8, 4) is 5.75 Å². The standard InChI is InChI=1S/C30H41N3O5/c1-36-23-29(34)33-16-10-6-4-3-5-9-15-32(22-24-11-7-8-12-27(24)33)30(35)26-21-25(13-14-28(26)37-2)31-17-19-38-20-18-31/h7-8,11-14,21H,3-6,9-10,15-20,22-23H2,1-2H3. The Balaban J connectivity index is 1.67. The fraction of sp³-hybridized carbons (Fsp3) is 0.533. The van der Waals surface area contributed by atoms with Crippen molar-refractivity contribution in [1.82, 2.24) is 4.90 Å². The molecule has 0 radical (unpaired) electrons. The molecule has 2 aliphatic heterocycles. The van der Waals surface area contributed by atoms with Crippen LogP contribution in [0.15, 0.2) is 42.5 Å². The lowest BCUT2D eigenvalue weighted by Crippen LogP contribution is -2.37. The Morgan fingerprint density at radius 3 is 2.32 bits per heavy atom. The average molecular weight is 524 g/mol. The molecule has 2 heterocycles. The minimum absolute atomic E-state index is 0.0303. The van der Waals surface area contributed by atoms with Crippen molar-refractivity contribution in [2.75, 3.05) is 70.0 Å². The molecular formula is C30H41N3O5. The van der Waals surface area contributed by atoms with Crippen LogP contribution in [0.1, 0.15) is 54.4 Å². The average Bonchev–Trinajstić information content (AvgIpc) is 2.97. The second kappa shape index (κ2) is 14.2. The second-order valence-electron chi connectivity index (χ2n) is 9.94. The number of hydrogen-bond acceptors (Lipinski definition) is 6. The fourth-order valence-electron chi connectivity index (χ4n) is 5.28. The Hall–Kier alpha value is -3.10. The molecule has 206 valence electrons. The lowest BCUT2D eigenvalue weighted by atomic mass is 10.1. The number of methoxy groups -OCH3 is 2. The van der Waals surface area contributed by atoms with Crippen LogP contribution in [0.3, 0.4) is 0 Å². The largest absolute Gasteiger partial charge is 0.496 e. The van der Waals surface area contributed by atoms with E-state index < -0.39 is 0 Å². The summed E-state index contributed by atoms with van der Waals surface area (Å²) < 4.78 is 16.3. The summed E-state index contributed by atoms with van der Waals surface area (Å²) in [7, 11) is 3.15.